The van der Waals surface area contributed by atoms with Crippen molar-refractivity contribution in [1.29, 1.82) is 0 Å². The summed E-state index contributed by atoms with van der Waals surface area (Å²) >= 11 is 0. The Morgan fingerprint density at radius 2 is 1.85 bits per heavy atom. The predicted molar refractivity (Wildman–Crippen MR) is 80.3 cm³/mol. The van der Waals surface area contributed by atoms with Gasteiger partial charge in [0.05, 0.1) is 18.0 Å². The Morgan fingerprint density at radius 1 is 1.05 bits per heavy atom. The first-order valence-corrected chi connectivity index (χ1v) is 8.16. The fourth-order valence-corrected chi connectivity index (χ4v) is 2.93. The van der Waals surface area contributed by atoms with Gasteiger partial charge in [-0.15, -0.1) is 0 Å². The number of ether oxygens (including phenoxy) is 1. The summed E-state index contributed by atoms with van der Waals surface area (Å²) in [5, 5.41) is 3.50. The Labute approximate surface area is 122 Å². The highest BCUT2D eigenvalue weighted by atomic mass is 16.5. The summed E-state index contributed by atoms with van der Waals surface area (Å²) in [6.07, 6.45) is 9.52. The van der Waals surface area contributed by atoms with Gasteiger partial charge >= 0.3 is 0 Å². The lowest BCUT2D eigenvalue weighted by atomic mass is 9.90. The SMILES string of the molecule is c1cc(CNC2CC2)nc(COCC2CCCCC2)c1. The van der Waals surface area contributed by atoms with Crippen LogP contribution in [0.4, 0.5) is 0 Å². The smallest absolute Gasteiger partial charge is 0.0888 e. The van der Waals surface area contributed by atoms with E-state index in [0.29, 0.717) is 6.61 Å². The summed E-state index contributed by atoms with van der Waals surface area (Å²) < 4.78 is 5.87. The molecule has 2 fully saturated rings. The van der Waals surface area contributed by atoms with Gasteiger partial charge in [-0.05, 0) is 43.7 Å². The van der Waals surface area contributed by atoms with Gasteiger partial charge in [0.1, 0.15) is 0 Å². The van der Waals surface area contributed by atoms with Crippen molar-refractivity contribution in [2.24, 2.45) is 5.92 Å². The molecule has 1 heterocycles. The maximum Gasteiger partial charge on any atom is 0.0888 e. The van der Waals surface area contributed by atoms with Crippen LogP contribution in [0.1, 0.15) is 56.3 Å². The molecule has 0 spiro atoms. The van der Waals surface area contributed by atoms with E-state index in [4.69, 9.17) is 4.74 Å². The number of pyridine rings is 1. The van der Waals surface area contributed by atoms with Crippen LogP contribution >= 0.6 is 0 Å². The summed E-state index contributed by atoms with van der Waals surface area (Å²) in [7, 11) is 0. The van der Waals surface area contributed by atoms with E-state index in [0.717, 1.165) is 36.5 Å². The minimum absolute atomic E-state index is 0.660. The van der Waals surface area contributed by atoms with E-state index < -0.39 is 0 Å². The van der Waals surface area contributed by atoms with Crippen molar-refractivity contribution in [3.8, 4) is 0 Å². The van der Waals surface area contributed by atoms with Crippen molar-refractivity contribution >= 4 is 0 Å². The first-order valence-electron chi connectivity index (χ1n) is 8.16. The van der Waals surface area contributed by atoms with Gasteiger partial charge < -0.3 is 10.1 Å². The average molecular weight is 274 g/mol. The van der Waals surface area contributed by atoms with Gasteiger partial charge in [-0.3, -0.25) is 4.98 Å². The van der Waals surface area contributed by atoms with Crippen molar-refractivity contribution in [3.63, 3.8) is 0 Å². The van der Waals surface area contributed by atoms with E-state index in [9.17, 15) is 0 Å². The molecule has 0 bridgehead atoms. The second kappa shape index (κ2) is 7.19. The fraction of sp³-hybridized carbons (Fsp3) is 0.706. The Balaban J connectivity index is 1.40. The van der Waals surface area contributed by atoms with Crippen LogP contribution in [0, 0.1) is 5.92 Å². The van der Waals surface area contributed by atoms with E-state index in [2.05, 4.69) is 28.5 Å². The normalized spacial score (nSPS) is 20.2. The third-order valence-corrected chi connectivity index (χ3v) is 4.34. The molecule has 0 radical (unpaired) electrons. The fourth-order valence-electron chi connectivity index (χ4n) is 2.93. The van der Waals surface area contributed by atoms with E-state index in [1.807, 2.05) is 0 Å². The zero-order chi connectivity index (χ0) is 13.6. The van der Waals surface area contributed by atoms with Gasteiger partial charge in [0.25, 0.3) is 0 Å². The van der Waals surface area contributed by atoms with Gasteiger partial charge in [0.15, 0.2) is 0 Å². The second-order valence-electron chi connectivity index (χ2n) is 6.29. The highest BCUT2D eigenvalue weighted by molar-refractivity contribution is 5.11. The van der Waals surface area contributed by atoms with E-state index in [-0.39, 0.29) is 0 Å². The predicted octanol–water partition coefficient (Wildman–Crippen LogP) is 3.43. The van der Waals surface area contributed by atoms with E-state index >= 15 is 0 Å². The highest BCUT2D eigenvalue weighted by Gasteiger charge is 2.20. The third kappa shape index (κ3) is 4.57. The van der Waals surface area contributed by atoms with Crippen molar-refractivity contribution in [2.75, 3.05) is 6.61 Å². The third-order valence-electron chi connectivity index (χ3n) is 4.34. The number of aromatic nitrogens is 1. The summed E-state index contributed by atoms with van der Waals surface area (Å²) in [6, 6.07) is 7.00. The number of rotatable bonds is 7. The maximum atomic E-state index is 5.87. The van der Waals surface area contributed by atoms with Gasteiger partial charge in [0, 0.05) is 19.2 Å². The summed E-state index contributed by atoms with van der Waals surface area (Å²) in [4.78, 5) is 4.67. The first-order chi connectivity index (χ1) is 9.90. The van der Waals surface area contributed by atoms with E-state index in [1.54, 1.807) is 0 Å². The van der Waals surface area contributed by atoms with Crippen LogP contribution in [0.5, 0.6) is 0 Å². The maximum absolute atomic E-state index is 5.87. The number of nitrogens with zero attached hydrogens (tertiary/aromatic N) is 1. The van der Waals surface area contributed by atoms with Crippen LogP contribution < -0.4 is 5.32 Å². The van der Waals surface area contributed by atoms with Crippen LogP contribution in [-0.4, -0.2) is 17.6 Å². The zero-order valence-corrected chi connectivity index (χ0v) is 12.3. The zero-order valence-electron chi connectivity index (χ0n) is 12.3. The van der Waals surface area contributed by atoms with Crippen LogP contribution in [0.3, 0.4) is 0 Å². The topological polar surface area (TPSA) is 34.2 Å². The molecule has 0 atom stereocenters. The molecule has 2 aliphatic rings. The Morgan fingerprint density at radius 3 is 2.65 bits per heavy atom. The average Bonchev–Trinajstić information content (AvgIpc) is 3.31. The largest absolute Gasteiger partial charge is 0.375 e. The summed E-state index contributed by atoms with van der Waals surface area (Å²) in [5.74, 6) is 0.781. The van der Waals surface area contributed by atoms with Gasteiger partial charge in [-0.25, -0.2) is 0 Å². The molecule has 0 aromatic carbocycles. The Kier molecular flexibility index (Phi) is 5.04. The molecule has 0 saturated heterocycles. The van der Waals surface area contributed by atoms with E-state index in [1.165, 1.54) is 44.9 Å². The van der Waals surface area contributed by atoms with Crippen LogP contribution in [0.15, 0.2) is 18.2 Å². The molecular formula is C17H26N2O. The molecule has 20 heavy (non-hydrogen) atoms. The van der Waals surface area contributed by atoms with Crippen molar-refractivity contribution in [3.05, 3.63) is 29.6 Å². The van der Waals surface area contributed by atoms with Crippen molar-refractivity contribution in [2.45, 2.75) is 64.1 Å². The minimum Gasteiger partial charge on any atom is -0.375 e. The molecule has 1 aromatic rings. The van der Waals surface area contributed by atoms with Crippen LogP contribution in [0.2, 0.25) is 0 Å². The minimum atomic E-state index is 0.660. The molecule has 0 amide bonds. The molecule has 1 N–H and O–H groups in total. The second-order valence-corrected chi connectivity index (χ2v) is 6.29. The standard InChI is InChI=1S/C17H26N2O/c1-2-5-14(6-3-1)12-20-13-17-8-4-7-16(19-17)11-18-15-9-10-15/h4,7-8,14-15,18H,1-3,5-6,9-13H2. The number of hydrogen-bond donors (Lipinski definition) is 1. The number of hydrogen-bond acceptors (Lipinski definition) is 3. The lowest BCUT2D eigenvalue weighted by Gasteiger charge is -2.21. The molecule has 2 aliphatic carbocycles. The Hall–Kier alpha value is -0.930. The molecule has 3 nitrogen and oxygen atoms in total. The highest BCUT2D eigenvalue weighted by Crippen LogP contribution is 2.24. The van der Waals surface area contributed by atoms with Gasteiger partial charge in [0.2, 0.25) is 0 Å². The lowest BCUT2D eigenvalue weighted by molar-refractivity contribution is 0.0719. The molecule has 3 rings (SSSR count). The van der Waals surface area contributed by atoms with Crippen molar-refractivity contribution < 1.29 is 4.74 Å². The summed E-state index contributed by atoms with van der Waals surface area (Å²) in [5.41, 5.74) is 2.20. The summed E-state index contributed by atoms with van der Waals surface area (Å²) in [6.45, 7) is 2.46. The number of nitrogens with one attached hydrogen (secondary N) is 1. The molecule has 0 unspecified atom stereocenters. The Bertz CT molecular complexity index is 411. The quantitative estimate of drug-likeness (QED) is 0.827. The molecule has 3 heteroatoms. The van der Waals surface area contributed by atoms with Crippen LogP contribution in [-0.2, 0) is 17.9 Å². The molecule has 2 saturated carbocycles. The lowest BCUT2D eigenvalue weighted by Crippen LogP contribution is -2.17. The molecule has 110 valence electrons. The first kappa shape index (κ1) is 14.0. The molecule has 1 aromatic heterocycles. The monoisotopic (exact) mass is 274 g/mol. The molecular weight excluding hydrogens is 248 g/mol. The molecule has 0 aliphatic heterocycles. The van der Waals surface area contributed by atoms with Crippen LogP contribution in [0.25, 0.3) is 0 Å². The van der Waals surface area contributed by atoms with Crippen molar-refractivity contribution in [1.82, 2.24) is 10.3 Å². The van der Waals surface area contributed by atoms with Gasteiger partial charge in [-0.2, -0.15) is 0 Å². The van der Waals surface area contributed by atoms with Gasteiger partial charge in [-0.1, -0.05) is 25.3 Å².